The standard InChI is InChI=1S/C14H26N4/c1-11(2)9-12(10-18(4)5)16-14-8-6-7-13(15-3)17-14/h6-8,11-12H,9-10H2,1-5H3,(H2,15,16,17). The van der Waals surface area contributed by atoms with E-state index in [1.165, 1.54) is 0 Å². The molecular formula is C14H26N4. The highest BCUT2D eigenvalue weighted by molar-refractivity contribution is 5.45. The summed E-state index contributed by atoms with van der Waals surface area (Å²) in [6, 6.07) is 6.43. The van der Waals surface area contributed by atoms with Gasteiger partial charge < -0.3 is 15.5 Å². The van der Waals surface area contributed by atoms with E-state index in [9.17, 15) is 0 Å². The number of rotatable bonds is 7. The van der Waals surface area contributed by atoms with Crippen LogP contribution < -0.4 is 10.6 Å². The molecule has 0 fully saturated rings. The minimum Gasteiger partial charge on any atom is -0.373 e. The zero-order valence-electron chi connectivity index (χ0n) is 12.2. The Labute approximate surface area is 111 Å². The Hall–Kier alpha value is -1.29. The Morgan fingerprint density at radius 2 is 1.89 bits per heavy atom. The lowest BCUT2D eigenvalue weighted by Crippen LogP contribution is -2.33. The predicted octanol–water partition coefficient (Wildman–Crippen LogP) is 2.51. The van der Waals surface area contributed by atoms with Crippen LogP contribution in [-0.2, 0) is 0 Å². The Bertz CT molecular complexity index is 339. The minimum atomic E-state index is 0.430. The number of likely N-dealkylation sites (N-methyl/N-ethyl adjacent to an activating group) is 1. The third-order valence-electron chi connectivity index (χ3n) is 2.70. The number of pyridine rings is 1. The topological polar surface area (TPSA) is 40.2 Å². The first-order chi connectivity index (χ1) is 8.51. The highest BCUT2D eigenvalue weighted by atomic mass is 15.1. The summed E-state index contributed by atoms with van der Waals surface area (Å²) in [6.45, 7) is 5.52. The van der Waals surface area contributed by atoms with E-state index in [1.807, 2.05) is 25.2 Å². The largest absolute Gasteiger partial charge is 0.373 e. The Morgan fingerprint density at radius 1 is 1.22 bits per heavy atom. The van der Waals surface area contributed by atoms with Gasteiger partial charge in [-0.1, -0.05) is 19.9 Å². The van der Waals surface area contributed by atoms with E-state index in [0.717, 1.165) is 24.6 Å². The number of nitrogens with zero attached hydrogens (tertiary/aromatic N) is 2. The number of anilines is 2. The smallest absolute Gasteiger partial charge is 0.128 e. The molecule has 1 heterocycles. The molecule has 1 aromatic heterocycles. The van der Waals surface area contributed by atoms with Gasteiger partial charge in [0.25, 0.3) is 0 Å². The van der Waals surface area contributed by atoms with Crippen molar-refractivity contribution in [2.45, 2.75) is 26.3 Å². The van der Waals surface area contributed by atoms with Gasteiger partial charge in [-0.3, -0.25) is 0 Å². The first kappa shape index (κ1) is 14.8. The van der Waals surface area contributed by atoms with Crippen LogP contribution in [-0.4, -0.2) is 43.6 Å². The first-order valence-electron chi connectivity index (χ1n) is 6.57. The summed E-state index contributed by atoms with van der Waals surface area (Å²) in [4.78, 5) is 6.72. The second-order valence-electron chi connectivity index (χ2n) is 5.39. The van der Waals surface area contributed by atoms with Gasteiger partial charge in [-0.15, -0.1) is 0 Å². The zero-order chi connectivity index (χ0) is 13.5. The molecule has 0 radical (unpaired) electrons. The van der Waals surface area contributed by atoms with Gasteiger partial charge >= 0.3 is 0 Å². The molecule has 2 N–H and O–H groups in total. The number of nitrogens with one attached hydrogen (secondary N) is 2. The van der Waals surface area contributed by atoms with Gasteiger partial charge in [0.1, 0.15) is 11.6 Å². The maximum absolute atomic E-state index is 4.50. The molecule has 0 saturated heterocycles. The van der Waals surface area contributed by atoms with Gasteiger partial charge in [0, 0.05) is 19.6 Å². The van der Waals surface area contributed by atoms with Crippen molar-refractivity contribution in [2.24, 2.45) is 5.92 Å². The molecule has 0 aromatic carbocycles. The second-order valence-corrected chi connectivity index (χ2v) is 5.39. The molecule has 0 spiro atoms. The third-order valence-corrected chi connectivity index (χ3v) is 2.70. The Kier molecular flexibility index (Phi) is 5.92. The molecule has 4 nitrogen and oxygen atoms in total. The fraction of sp³-hybridized carbons (Fsp3) is 0.643. The fourth-order valence-corrected chi connectivity index (χ4v) is 2.05. The SMILES string of the molecule is CNc1cccc(NC(CC(C)C)CN(C)C)n1. The lowest BCUT2D eigenvalue weighted by Gasteiger charge is -2.24. The minimum absolute atomic E-state index is 0.430. The molecule has 1 unspecified atom stereocenters. The van der Waals surface area contributed by atoms with Crippen molar-refractivity contribution in [3.8, 4) is 0 Å². The summed E-state index contributed by atoms with van der Waals surface area (Å²) in [6.07, 6.45) is 1.14. The number of aromatic nitrogens is 1. The van der Waals surface area contributed by atoms with Crippen molar-refractivity contribution in [2.75, 3.05) is 38.3 Å². The molecule has 0 aliphatic carbocycles. The summed E-state index contributed by atoms with van der Waals surface area (Å²) in [5.41, 5.74) is 0. The van der Waals surface area contributed by atoms with E-state index >= 15 is 0 Å². The molecule has 0 saturated carbocycles. The summed E-state index contributed by atoms with van der Waals surface area (Å²) in [7, 11) is 6.09. The van der Waals surface area contributed by atoms with Crippen LogP contribution in [0.4, 0.5) is 11.6 Å². The summed E-state index contributed by atoms with van der Waals surface area (Å²) in [5.74, 6) is 2.51. The van der Waals surface area contributed by atoms with Crippen molar-refractivity contribution in [3.63, 3.8) is 0 Å². The Balaban J connectivity index is 2.68. The van der Waals surface area contributed by atoms with Gasteiger partial charge in [0.2, 0.25) is 0 Å². The molecule has 0 amide bonds. The number of hydrogen-bond donors (Lipinski definition) is 2. The van der Waals surface area contributed by atoms with Crippen LogP contribution in [0.2, 0.25) is 0 Å². The van der Waals surface area contributed by atoms with Crippen LogP contribution in [0.15, 0.2) is 18.2 Å². The van der Waals surface area contributed by atoms with Crippen LogP contribution in [0.5, 0.6) is 0 Å². The quantitative estimate of drug-likeness (QED) is 0.780. The van der Waals surface area contributed by atoms with E-state index < -0.39 is 0 Å². The predicted molar refractivity (Wildman–Crippen MR) is 79.2 cm³/mol. The normalized spacial score (nSPS) is 12.8. The maximum atomic E-state index is 4.50. The summed E-state index contributed by atoms with van der Waals surface area (Å²) in [5, 5.41) is 6.58. The van der Waals surface area contributed by atoms with Gasteiger partial charge in [0.05, 0.1) is 0 Å². The third kappa shape index (κ3) is 5.36. The molecular weight excluding hydrogens is 224 g/mol. The summed E-state index contributed by atoms with van der Waals surface area (Å²) >= 11 is 0. The average molecular weight is 250 g/mol. The van der Waals surface area contributed by atoms with Crippen molar-refractivity contribution in [1.82, 2.24) is 9.88 Å². The number of hydrogen-bond acceptors (Lipinski definition) is 4. The monoisotopic (exact) mass is 250 g/mol. The van der Waals surface area contributed by atoms with E-state index in [4.69, 9.17) is 0 Å². The van der Waals surface area contributed by atoms with Gasteiger partial charge in [-0.05, 0) is 38.6 Å². The Morgan fingerprint density at radius 3 is 2.44 bits per heavy atom. The molecule has 4 heteroatoms. The summed E-state index contributed by atoms with van der Waals surface area (Å²) < 4.78 is 0. The molecule has 0 aliphatic rings. The first-order valence-corrected chi connectivity index (χ1v) is 6.57. The van der Waals surface area contributed by atoms with Gasteiger partial charge in [-0.2, -0.15) is 0 Å². The maximum Gasteiger partial charge on any atom is 0.128 e. The highest BCUT2D eigenvalue weighted by Crippen LogP contribution is 2.14. The molecule has 0 aliphatic heterocycles. The molecule has 1 aromatic rings. The molecule has 0 bridgehead atoms. The van der Waals surface area contributed by atoms with Crippen LogP contribution in [0.1, 0.15) is 20.3 Å². The van der Waals surface area contributed by atoms with Crippen molar-refractivity contribution in [3.05, 3.63) is 18.2 Å². The molecule has 18 heavy (non-hydrogen) atoms. The lowest BCUT2D eigenvalue weighted by molar-refractivity contribution is 0.356. The highest BCUT2D eigenvalue weighted by Gasteiger charge is 2.12. The van der Waals surface area contributed by atoms with Crippen LogP contribution in [0.25, 0.3) is 0 Å². The van der Waals surface area contributed by atoms with Gasteiger partial charge in [0.15, 0.2) is 0 Å². The van der Waals surface area contributed by atoms with Crippen LogP contribution in [0.3, 0.4) is 0 Å². The van der Waals surface area contributed by atoms with E-state index in [2.05, 4.69) is 48.5 Å². The van der Waals surface area contributed by atoms with Gasteiger partial charge in [-0.25, -0.2) is 4.98 Å². The average Bonchev–Trinajstić information content (AvgIpc) is 2.27. The van der Waals surface area contributed by atoms with Crippen LogP contribution >= 0.6 is 0 Å². The zero-order valence-corrected chi connectivity index (χ0v) is 12.2. The van der Waals surface area contributed by atoms with E-state index in [-0.39, 0.29) is 0 Å². The van der Waals surface area contributed by atoms with Crippen LogP contribution in [0, 0.1) is 5.92 Å². The lowest BCUT2D eigenvalue weighted by atomic mass is 10.0. The van der Waals surface area contributed by atoms with E-state index in [1.54, 1.807) is 0 Å². The molecule has 1 rings (SSSR count). The van der Waals surface area contributed by atoms with Crippen molar-refractivity contribution < 1.29 is 0 Å². The van der Waals surface area contributed by atoms with Crippen molar-refractivity contribution >= 4 is 11.6 Å². The second kappa shape index (κ2) is 7.21. The molecule has 102 valence electrons. The molecule has 1 atom stereocenters. The fourth-order valence-electron chi connectivity index (χ4n) is 2.05. The van der Waals surface area contributed by atoms with Crippen molar-refractivity contribution in [1.29, 1.82) is 0 Å². The van der Waals surface area contributed by atoms with E-state index in [0.29, 0.717) is 12.0 Å².